The molecule has 0 fully saturated rings. The van der Waals surface area contributed by atoms with Gasteiger partial charge in [-0.05, 0) is 48.6 Å². The summed E-state index contributed by atoms with van der Waals surface area (Å²) in [6.45, 7) is 2.02. The monoisotopic (exact) mass is 301 g/mol. The van der Waals surface area contributed by atoms with Crippen molar-refractivity contribution in [2.45, 2.75) is 17.9 Å². The number of benzene rings is 2. The molecule has 3 nitrogen and oxygen atoms in total. The smallest absolute Gasteiger partial charge is 0.332 e. The first-order chi connectivity index (χ1) is 10.1. The Morgan fingerprint density at radius 1 is 1.19 bits per heavy atom. The van der Waals surface area contributed by atoms with Gasteiger partial charge >= 0.3 is 5.97 Å². The number of anilines is 1. The Hall–Kier alpha value is -1.94. The first-order valence-corrected chi connectivity index (χ1v) is 7.91. The third-order valence-electron chi connectivity index (χ3n) is 3.22. The summed E-state index contributed by atoms with van der Waals surface area (Å²) in [6, 6.07) is 15.3. The fourth-order valence-corrected chi connectivity index (χ4v) is 2.50. The normalized spacial score (nSPS) is 11.8. The predicted octanol–water partition coefficient (Wildman–Crippen LogP) is 4.04. The summed E-state index contributed by atoms with van der Waals surface area (Å²) in [7, 11) is 1.41. The molecule has 4 heteroatoms. The molecule has 0 aliphatic carbocycles. The zero-order valence-electron chi connectivity index (χ0n) is 12.4. The fraction of sp³-hybridized carbons (Fsp3) is 0.235. The van der Waals surface area contributed by atoms with E-state index in [1.807, 2.05) is 61.7 Å². The Bertz CT molecular complexity index is 610. The van der Waals surface area contributed by atoms with E-state index < -0.39 is 6.04 Å². The minimum atomic E-state index is -0.507. The molecule has 0 spiro atoms. The minimum absolute atomic E-state index is 0.298. The molecule has 0 saturated heterocycles. The van der Waals surface area contributed by atoms with Crippen molar-refractivity contribution in [2.75, 3.05) is 18.7 Å². The lowest BCUT2D eigenvalue weighted by molar-refractivity contribution is -0.141. The lowest BCUT2D eigenvalue weighted by Crippen LogP contribution is -2.22. The number of hydrogen-bond donors (Lipinski definition) is 1. The SMILES string of the molecule is COC(=O)C(Nc1cccc(C)c1)c1ccc(SC)cc1. The number of rotatable bonds is 5. The molecule has 0 bridgehead atoms. The molecule has 0 amide bonds. The Balaban J connectivity index is 2.27. The third kappa shape index (κ3) is 4.02. The van der Waals surface area contributed by atoms with Crippen molar-refractivity contribution in [3.05, 3.63) is 59.7 Å². The van der Waals surface area contributed by atoms with Crippen LogP contribution in [0.25, 0.3) is 0 Å². The molecule has 0 saturated carbocycles. The van der Waals surface area contributed by atoms with Crippen LogP contribution >= 0.6 is 11.8 Å². The van der Waals surface area contributed by atoms with Crippen LogP contribution in [-0.2, 0) is 9.53 Å². The number of esters is 1. The van der Waals surface area contributed by atoms with Crippen LogP contribution in [0.3, 0.4) is 0 Å². The first-order valence-electron chi connectivity index (χ1n) is 6.69. The highest BCUT2D eigenvalue weighted by atomic mass is 32.2. The molecular formula is C17H19NO2S. The summed E-state index contributed by atoms with van der Waals surface area (Å²) >= 11 is 1.67. The predicted molar refractivity (Wildman–Crippen MR) is 87.8 cm³/mol. The second-order valence-electron chi connectivity index (χ2n) is 4.74. The van der Waals surface area contributed by atoms with Gasteiger partial charge in [0.2, 0.25) is 0 Å². The van der Waals surface area contributed by atoms with Gasteiger partial charge in [-0.25, -0.2) is 4.79 Å². The van der Waals surface area contributed by atoms with Crippen LogP contribution in [-0.4, -0.2) is 19.3 Å². The van der Waals surface area contributed by atoms with Crippen LogP contribution in [0.1, 0.15) is 17.2 Å². The summed E-state index contributed by atoms with van der Waals surface area (Å²) in [5, 5.41) is 3.24. The largest absolute Gasteiger partial charge is 0.467 e. The summed E-state index contributed by atoms with van der Waals surface area (Å²) in [4.78, 5) is 13.2. The van der Waals surface area contributed by atoms with Crippen molar-refractivity contribution in [3.63, 3.8) is 0 Å². The second-order valence-corrected chi connectivity index (χ2v) is 5.62. The van der Waals surface area contributed by atoms with Crippen LogP contribution < -0.4 is 5.32 Å². The molecule has 1 unspecified atom stereocenters. The number of ether oxygens (including phenoxy) is 1. The zero-order valence-corrected chi connectivity index (χ0v) is 13.2. The highest BCUT2D eigenvalue weighted by Crippen LogP contribution is 2.24. The van der Waals surface area contributed by atoms with Gasteiger partial charge in [-0.3, -0.25) is 0 Å². The number of carbonyl (C=O) groups excluding carboxylic acids is 1. The molecule has 110 valence electrons. The molecule has 2 rings (SSSR count). The quantitative estimate of drug-likeness (QED) is 0.668. The van der Waals surface area contributed by atoms with Crippen LogP contribution in [0.5, 0.6) is 0 Å². The number of methoxy groups -OCH3 is 1. The average molecular weight is 301 g/mol. The van der Waals surface area contributed by atoms with Crippen LogP contribution in [0.4, 0.5) is 5.69 Å². The summed E-state index contributed by atoms with van der Waals surface area (Å²) in [6.07, 6.45) is 2.03. The van der Waals surface area contributed by atoms with Crippen molar-refractivity contribution in [1.82, 2.24) is 0 Å². The summed E-state index contributed by atoms with van der Waals surface area (Å²) < 4.78 is 4.92. The number of hydrogen-bond acceptors (Lipinski definition) is 4. The lowest BCUT2D eigenvalue weighted by Gasteiger charge is -2.18. The molecule has 1 atom stereocenters. The maximum atomic E-state index is 12.1. The Morgan fingerprint density at radius 2 is 1.90 bits per heavy atom. The van der Waals surface area contributed by atoms with Crippen molar-refractivity contribution < 1.29 is 9.53 Å². The highest BCUT2D eigenvalue weighted by Gasteiger charge is 2.21. The van der Waals surface area contributed by atoms with Gasteiger partial charge in [0.1, 0.15) is 0 Å². The Kier molecular flexibility index (Phi) is 5.28. The van der Waals surface area contributed by atoms with Gasteiger partial charge in [0.05, 0.1) is 7.11 Å². The zero-order chi connectivity index (χ0) is 15.2. The van der Waals surface area contributed by atoms with Crippen LogP contribution in [0, 0.1) is 6.92 Å². The number of thioether (sulfide) groups is 1. The standard InChI is InChI=1S/C17H19NO2S/c1-12-5-4-6-14(11-12)18-16(17(19)20-2)13-7-9-15(21-3)10-8-13/h4-11,16,18H,1-3H3. The molecule has 0 heterocycles. The van der Waals surface area contributed by atoms with Crippen molar-refractivity contribution >= 4 is 23.4 Å². The Morgan fingerprint density at radius 3 is 2.48 bits per heavy atom. The first kappa shape index (κ1) is 15.4. The van der Waals surface area contributed by atoms with Crippen LogP contribution in [0.2, 0.25) is 0 Å². The fourth-order valence-electron chi connectivity index (χ4n) is 2.09. The molecule has 1 N–H and O–H groups in total. The van der Waals surface area contributed by atoms with E-state index >= 15 is 0 Å². The molecule has 2 aromatic carbocycles. The van der Waals surface area contributed by atoms with Crippen LogP contribution in [0.15, 0.2) is 53.4 Å². The molecule has 0 aliphatic rings. The van der Waals surface area contributed by atoms with Gasteiger partial charge < -0.3 is 10.1 Å². The second kappa shape index (κ2) is 7.18. The summed E-state index contributed by atoms with van der Waals surface area (Å²) in [5.41, 5.74) is 2.93. The topological polar surface area (TPSA) is 38.3 Å². The number of aryl methyl sites for hydroxylation is 1. The molecule has 0 aliphatic heterocycles. The van der Waals surface area contributed by atoms with Crippen molar-refractivity contribution in [1.29, 1.82) is 0 Å². The van der Waals surface area contributed by atoms with E-state index in [-0.39, 0.29) is 5.97 Å². The third-order valence-corrected chi connectivity index (χ3v) is 3.96. The molecule has 0 aromatic heterocycles. The molecule has 0 radical (unpaired) electrons. The number of nitrogens with one attached hydrogen (secondary N) is 1. The van der Waals surface area contributed by atoms with E-state index in [0.29, 0.717) is 0 Å². The van der Waals surface area contributed by atoms with Gasteiger partial charge in [0.25, 0.3) is 0 Å². The maximum absolute atomic E-state index is 12.1. The van der Waals surface area contributed by atoms with E-state index in [4.69, 9.17) is 4.74 Å². The molecular weight excluding hydrogens is 282 g/mol. The van der Waals surface area contributed by atoms with E-state index in [9.17, 15) is 4.79 Å². The number of carbonyl (C=O) groups is 1. The van der Waals surface area contributed by atoms with E-state index in [1.54, 1.807) is 11.8 Å². The van der Waals surface area contributed by atoms with E-state index in [0.717, 1.165) is 21.7 Å². The van der Waals surface area contributed by atoms with Gasteiger partial charge in [-0.1, -0.05) is 24.3 Å². The van der Waals surface area contributed by atoms with E-state index in [2.05, 4.69) is 5.32 Å². The summed E-state index contributed by atoms with van der Waals surface area (Å²) in [5.74, 6) is -0.298. The van der Waals surface area contributed by atoms with Gasteiger partial charge in [0.15, 0.2) is 6.04 Å². The maximum Gasteiger partial charge on any atom is 0.332 e. The van der Waals surface area contributed by atoms with Gasteiger partial charge in [-0.2, -0.15) is 0 Å². The van der Waals surface area contributed by atoms with Gasteiger partial charge in [0, 0.05) is 10.6 Å². The Labute approximate surface area is 129 Å². The van der Waals surface area contributed by atoms with Crippen molar-refractivity contribution in [3.8, 4) is 0 Å². The average Bonchev–Trinajstić information content (AvgIpc) is 2.52. The van der Waals surface area contributed by atoms with Gasteiger partial charge in [-0.15, -0.1) is 11.8 Å². The molecule has 21 heavy (non-hydrogen) atoms. The minimum Gasteiger partial charge on any atom is -0.467 e. The van der Waals surface area contributed by atoms with E-state index in [1.165, 1.54) is 7.11 Å². The highest BCUT2D eigenvalue weighted by molar-refractivity contribution is 7.98. The lowest BCUT2D eigenvalue weighted by atomic mass is 10.1. The van der Waals surface area contributed by atoms with Crippen molar-refractivity contribution in [2.24, 2.45) is 0 Å². The molecule has 2 aromatic rings.